The zero-order valence-corrected chi connectivity index (χ0v) is 16.1. The Morgan fingerprint density at radius 3 is 2.40 bits per heavy atom. The van der Waals surface area contributed by atoms with Crippen LogP contribution in [0.15, 0.2) is 36.5 Å². The molecule has 1 unspecified atom stereocenters. The van der Waals surface area contributed by atoms with Gasteiger partial charge in [-0.2, -0.15) is 5.10 Å². The number of nitrogens with one attached hydrogen (secondary N) is 1. The van der Waals surface area contributed by atoms with Gasteiger partial charge in [0.25, 0.3) is 0 Å². The molecule has 4 heteroatoms. The predicted molar refractivity (Wildman–Crippen MR) is 104 cm³/mol. The highest BCUT2D eigenvalue weighted by molar-refractivity contribution is 5.20. The molecule has 0 saturated carbocycles. The van der Waals surface area contributed by atoms with Gasteiger partial charge in [0.1, 0.15) is 0 Å². The van der Waals surface area contributed by atoms with Crippen molar-refractivity contribution in [1.82, 2.24) is 20.0 Å². The Bertz CT molecular complexity index is 654. The molecular weight excluding hydrogens is 308 g/mol. The maximum absolute atomic E-state index is 4.56. The monoisotopic (exact) mass is 340 g/mol. The average Bonchev–Trinajstić information content (AvgIpc) is 2.99. The van der Waals surface area contributed by atoms with Crippen LogP contribution in [-0.4, -0.2) is 33.8 Å². The molecule has 1 aromatic heterocycles. The second-order valence-corrected chi connectivity index (χ2v) is 7.65. The second-order valence-electron chi connectivity index (χ2n) is 7.65. The van der Waals surface area contributed by atoms with E-state index in [1.54, 1.807) is 0 Å². The summed E-state index contributed by atoms with van der Waals surface area (Å²) < 4.78 is 2.12. The smallest absolute Gasteiger partial charge is 0.0540 e. The maximum atomic E-state index is 4.56. The van der Waals surface area contributed by atoms with E-state index in [-0.39, 0.29) is 0 Å². The van der Waals surface area contributed by atoms with Gasteiger partial charge in [0, 0.05) is 35.9 Å². The summed E-state index contributed by atoms with van der Waals surface area (Å²) in [5.74, 6) is 0. The van der Waals surface area contributed by atoms with Crippen LogP contribution in [0.2, 0.25) is 0 Å². The first-order valence-corrected chi connectivity index (χ1v) is 9.61. The molecule has 1 atom stereocenters. The van der Waals surface area contributed by atoms with Crippen molar-refractivity contribution in [3.8, 4) is 0 Å². The maximum Gasteiger partial charge on any atom is 0.0540 e. The van der Waals surface area contributed by atoms with E-state index < -0.39 is 0 Å². The van der Waals surface area contributed by atoms with Crippen LogP contribution in [0.5, 0.6) is 0 Å². The minimum absolute atomic E-state index is 0.359. The number of aromatic nitrogens is 2. The number of rotatable bonds is 6. The molecule has 0 aliphatic carbocycles. The molecule has 3 rings (SSSR count). The largest absolute Gasteiger partial charge is 0.307 e. The molecule has 2 heterocycles. The standard InChI is InChI=1S/C21H32N4/c1-16(2)25-18(4)21(14-22-25)17(3)23-20-10-12-24(13-11-20)15-19-8-6-5-7-9-19/h5-9,14,16-17,20,23H,10-13,15H2,1-4H3. The van der Waals surface area contributed by atoms with Crippen LogP contribution in [0.1, 0.15) is 62.5 Å². The van der Waals surface area contributed by atoms with Crippen molar-refractivity contribution in [2.75, 3.05) is 13.1 Å². The molecule has 1 aliphatic heterocycles. The molecule has 25 heavy (non-hydrogen) atoms. The molecule has 1 saturated heterocycles. The fourth-order valence-corrected chi connectivity index (χ4v) is 3.93. The minimum Gasteiger partial charge on any atom is -0.307 e. The van der Waals surface area contributed by atoms with Gasteiger partial charge in [0.05, 0.1) is 6.20 Å². The van der Waals surface area contributed by atoms with Gasteiger partial charge in [-0.3, -0.25) is 9.58 Å². The average molecular weight is 341 g/mol. The Kier molecular flexibility index (Phi) is 5.92. The van der Waals surface area contributed by atoms with E-state index in [4.69, 9.17) is 0 Å². The lowest BCUT2D eigenvalue weighted by Gasteiger charge is -2.34. The number of piperidine rings is 1. The van der Waals surface area contributed by atoms with E-state index in [9.17, 15) is 0 Å². The van der Waals surface area contributed by atoms with Crippen LogP contribution >= 0.6 is 0 Å². The van der Waals surface area contributed by atoms with E-state index in [1.165, 1.54) is 42.8 Å². The van der Waals surface area contributed by atoms with Crippen molar-refractivity contribution in [3.05, 3.63) is 53.3 Å². The summed E-state index contributed by atoms with van der Waals surface area (Å²) in [5.41, 5.74) is 4.04. The van der Waals surface area contributed by atoms with Crippen LogP contribution < -0.4 is 5.32 Å². The number of hydrogen-bond donors (Lipinski definition) is 1. The van der Waals surface area contributed by atoms with E-state index in [0.717, 1.165) is 6.54 Å². The third kappa shape index (κ3) is 4.50. The van der Waals surface area contributed by atoms with Gasteiger partial charge >= 0.3 is 0 Å². The van der Waals surface area contributed by atoms with Gasteiger partial charge in [0.15, 0.2) is 0 Å². The second kappa shape index (κ2) is 8.15. The van der Waals surface area contributed by atoms with E-state index in [1.807, 2.05) is 6.20 Å². The van der Waals surface area contributed by atoms with Crippen molar-refractivity contribution in [2.45, 2.75) is 65.2 Å². The van der Waals surface area contributed by atoms with Gasteiger partial charge < -0.3 is 5.32 Å². The number of likely N-dealkylation sites (tertiary alicyclic amines) is 1. The highest BCUT2D eigenvalue weighted by atomic mass is 15.3. The SMILES string of the molecule is Cc1c(C(C)NC2CCN(Cc3ccccc3)CC2)cnn1C(C)C. The van der Waals surface area contributed by atoms with E-state index in [2.05, 4.69) is 78.0 Å². The highest BCUT2D eigenvalue weighted by Gasteiger charge is 2.22. The summed E-state index contributed by atoms with van der Waals surface area (Å²) in [5, 5.41) is 8.39. The first-order valence-electron chi connectivity index (χ1n) is 9.61. The lowest BCUT2D eigenvalue weighted by atomic mass is 10.0. The third-order valence-corrected chi connectivity index (χ3v) is 5.36. The lowest BCUT2D eigenvalue weighted by Crippen LogP contribution is -2.43. The van der Waals surface area contributed by atoms with Crippen molar-refractivity contribution < 1.29 is 0 Å². The molecule has 0 amide bonds. The van der Waals surface area contributed by atoms with Gasteiger partial charge in [-0.1, -0.05) is 30.3 Å². The molecule has 0 bridgehead atoms. The molecule has 1 fully saturated rings. The first-order chi connectivity index (χ1) is 12.0. The Morgan fingerprint density at radius 2 is 1.80 bits per heavy atom. The number of hydrogen-bond acceptors (Lipinski definition) is 3. The van der Waals surface area contributed by atoms with Gasteiger partial charge in [-0.05, 0) is 59.2 Å². The Morgan fingerprint density at radius 1 is 1.12 bits per heavy atom. The Balaban J connectivity index is 1.50. The Labute approximate surface area is 152 Å². The highest BCUT2D eigenvalue weighted by Crippen LogP contribution is 2.22. The molecule has 1 N–H and O–H groups in total. The third-order valence-electron chi connectivity index (χ3n) is 5.36. The molecule has 1 aromatic carbocycles. The summed E-state index contributed by atoms with van der Waals surface area (Å²) in [6.45, 7) is 12.2. The number of nitrogens with zero attached hydrogens (tertiary/aromatic N) is 3. The molecule has 136 valence electrons. The summed E-state index contributed by atoms with van der Waals surface area (Å²) in [7, 11) is 0. The zero-order valence-electron chi connectivity index (χ0n) is 16.1. The fourth-order valence-electron chi connectivity index (χ4n) is 3.93. The normalized spacial score (nSPS) is 18.0. The summed E-state index contributed by atoms with van der Waals surface area (Å²) in [4.78, 5) is 2.57. The molecule has 2 aromatic rings. The van der Waals surface area contributed by atoms with Crippen molar-refractivity contribution in [1.29, 1.82) is 0 Å². The van der Waals surface area contributed by atoms with Crippen molar-refractivity contribution >= 4 is 0 Å². The number of benzene rings is 1. The molecule has 1 aliphatic rings. The lowest BCUT2D eigenvalue weighted by molar-refractivity contribution is 0.185. The fraction of sp³-hybridized carbons (Fsp3) is 0.571. The molecule has 4 nitrogen and oxygen atoms in total. The summed E-state index contributed by atoms with van der Waals surface area (Å²) in [6, 6.07) is 12.2. The van der Waals surface area contributed by atoms with Crippen LogP contribution in [0.3, 0.4) is 0 Å². The van der Waals surface area contributed by atoms with Gasteiger partial charge in [-0.25, -0.2) is 0 Å². The van der Waals surface area contributed by atoms with Crippen LogP contribution in [-0.2, 0) is 6.54 Å². The zero-order chi connectivity index (χ0) is 17.8. The molecular formula is C21H32N4. The van der Waals surface area contributed by atoms with Gasteiger partial charge in [-0.15, -0.1) is 0 Å². The van der Waals surface area contributed by atoms with Crippen LogP contribution in [0.25, 0.3) is 0 Å². The quantitative estimate of drug-likeness (QED) is 0.860. The van der Waals surface area contributed by atoms with Crippen molar-refractivity contribution in [3.63, 3.8) is 0 Å². The van der Waals surface area contributed by atoms with E-state index in [0.29, 0.717) is 18.1 Å². The minimum atomic E-state index is 0.359. The van der Waals surface area contributed by atoms with Crippen molar-refractivity contribution in [2.24, 2.45) is 0 Å². The van der Waals surface area contributed by atoms with E-state index >= 15 is 0 Å². The molecule has 0 radical (unpaired) electrons. The predicted octanol–water partition coefficient (Wildman–Crippen LogP) is 4.09. The van der Waals surface area contributed by atoms with Crippen LogP contribution in [0, 0.1) is 6.92 Å². The molecule has 0 spiro atoms. The Hall–Kier alpha value is -1.65. The van der Waals surface area contributed by atoms with Crippen LogP contribution in [0.4, 0.5) is 0 Å². The topological polar surface area (TPSA) is 33.1 Å². The van der Waals surface area contributed by atoms with Gasteiger partial charge in [0.2, 0.25) is 0 Å². The summed E-state index contributed by atoms with van der Waals surface area (Å²) in [6.07, 6.45) is 4.47. The first kappa shape index (κ1) is 18.2. The summed E-state index contributed by atoms with van der Waals surface area (Å²) >= 11 is 0.